The third-order valence-corrected chi connectivity index (χ3v) is 4.62. The molecule has 4 nitrogen and oxygen atoms in total. The van der Waals surface area contributed by atoms with Crippen LogP contribution in [-0.4, -0.2) is 26.3 Å². The lowest BCUT2D eigenvalue weighted by Gasteiger charge is -2.24. The van der Waals surface area contributed by atoms with E-state index < -0.39 is 17.6 Å². The van der Waals surface area contributed by atoms with Gasteiger partial charge < -0.3 is 9.29 Å². The molecule has 2 rings (SSSR count). The molecule has 1 aliphatic rings. The van der Waals surface area contributed by atoms with Gasteiger partial charge in [-0.25, -0.2) is 0 Å². The molecular formula is C13H17NO3S. The summed E-state index contributed by atoms with van der Waals surface area (Å²) in [5, 5.41) is 0. The fraction of sp³-hybridized carbons (Fsp3) is 0.462. The molecule has 0 bridgehead atoms. The lowest BCUT2D eigenvalue weighted by molar-refractivity contribution is -0.130. The molecule has 0 saturated carbocycles. The topological polar surface area (TPSA) is 52.4 Å². The van der Waals surface area contributed by atoms with Crippen molar-refractivity contribution in [1.82, 2.24) is 4.31 Å². The third-order valence-electron chi connectivity index (χ3n) is 2.76. The van der Waals surface area contributed by atoms with Crippen molar-refractivity contribution in [3.05, 3.63) is 35.9 Å². The second-order valence-electron chi connectivity index (χ2n) is 5.20. The predicted octanol–water partition coefficient (Wildman–Crippen LogP) is 2.00. The maximum atomic E-state index is 12.3. The summed E-state index contributed by atoms with van der Waals surface area (Å²) in [6, 6.07) is 9.56. The average molecular weight is 267 g/mol. The molecule has 0 aliphatic carbocycles. The summed E-state index contributed by atoms with van der Waals surface area (Å²) in [6.07, 6.45) is -0.412. The second-order valence-corrected chi connectivity index (χ2v) is 7.34. The SMILES string of the molecule is CC(C)(C)[S@+]([O-])N1[C@H](OC=O)[C@@H]1c1ccccc1. The monoisotopic (exact) mass is 267 g/mol. The maximum Gasteiger partial charge on any atom is 0.294 e. The van der Waals surface area contributed by atoms with Gasteiger partial charge in [0, 0.05) is 0 Å². The maximum absolute atomic E-state index is 12.3. The Bertz CT molecular complexity index is 418. The first-order valence-corrected chi connectivity index (χ1v) is 6.92. The van der Waals surface area contributed by atoms with Gasteiger partial charge in [0.1, 0.15) is 10.8 Å². The van der Waals surface area contributed by atoms with E-state index in [1.807, 2.05) is 51.1 Å². The smallest absolute Gasteiger partial charge is 0.294 e. The Labute approximate surface area is 110 Å². The molecule has 4 atom stereocenters. The van der Waals surface area contributed by atoms with E-state index in [9.17, 15) is 9.35 Å². The van der Waals surface area contributed by atoms with Crippen molar-refractivity contribution in [1.29, 1.82) is 0 Å². The summed E-state index contributed by atoms with van der Waals surface area (Å²) in [5.41, 5.74) is 1.02. The Hall–Kier alpha value is -1.04. The van der Waals surface area contributed by atoms with Crippen molar-refractivity contribution in [2.45, 2.75) is 37.8 Å². The molecule has 0 N–H and O–H groups in total. The number of carbonyl (C=O) groups excluding carboxylic acids is 1. The van der Waals surface area contributed by atoms with Gasteiger partial charge in [0.05, 0.1) is 11.4 Å². The number of nitrogens with zero attached hydrogens (tertiary/aromatic N) is 1. The van der Waals surface area contributed by atoms with Crippen LogP contribution in [0.15, 0.2) is 30.3 Å². The first-order chi connectivity index (χ1) is 8.46. The molecule has 1 aromatic rings. The van der Waals surface area contributed by atoms with Gasteiger partial charge in [-0.15, -0.1) is 0 Å². The van der Waals surface area contributed by atoms with Gasteiger partial charge in [-0.1, -0.05) is 34.6 Å². The van der Waals surface area contributed by atoms with E-state index in [2.05, 4.69) is 0 Å². The quantitative estimate of drug-likeness (QED) is 0.476. The second kappa shape index (κ2) is 4.91. The molecule has 0 radical (unpaired) electrons. The standard InChI is InChI=1S/C13H17NO3S/c1-13(2,3)18(16)14-11(12(14)17-9-15)10-7-5-4-6-8-10/h4-9,11-12H,1-3H3/t11-,12+,14?,18-/m0/s1. The minimum atomic E-state index is -1.19. The van der Waals surface area contributed by atoms with Gasteiger partial charge in [-0.05, 0) is 26.3 Å². The summed E-state index contributed by atoms with van der Waals surface area (Å²) in [7, 11) is 0. The fourth-order valence-electron chi connectivity index (χ4n) is 1.86. The number of carbonyl (C=O) groups is 1. The van der Waals surface area contributed by atoms with Crippen molar-refractivity contribution in [3.63, 3.8) is 0 Å². The van der Waals surface area contributed by atoms with Crippen LogP contribution >= 0.6 is 0 Å². The van der Waals surface area contributed by atoms with E-state index in [1.54, 1.807) is 4.31 Å². The minimum Gasteiger partial charge on any atom is -0.597 e. The largest absolute Gasteiger partial charge is 0.597 e. The number of hydrogen-bond donors (Lipinski definition) is 0. The predicted molar refractivity (Wildman–Crippen MR) is 69.9 cm³/mol. The average Bonchev–Trinajstić information content (AvgIpc) is 3.02. The van der Waals surface area contributed by atoms with Crippen LogP contribution in [0.3, 0.4) is 0 Å². The molecular weight excluding hydrogens is 250 g/mol. The highest BCUT2D eigenvalue weighted by Crippen LogP contribution is 2.48. The van der Waals surface area contributed by atoms with Crippen LogP contribution in [0.4, 0.5) is 0 Å². The number of hydrogen-bond acceptors (Lipinski definition) is 4. The zero-order valence-corrected chi connectivity index (χ0v) is 11.5. The van der Waals surface area contributed by atoms with E-state index in [0.29, 0.717) is 6.47 Å². The molecule has 18 heavy (non-hydrogen) atoms. The first-order valence-electron chi connectivity index (χ1n) is 5.81. The molecule has 0 spiro atoms. The van der Waals surface area contributed by atoms with Crippen molar-refractivity contribution in [3.8, 4) is 0 Å². The highest BCUT2D eigenvalue weighted by molar-refractivity contribution is 7.90. The lowest BCUT2D eigenvalue weighted by Crippen LogP contribution is -2.34. The number of rotatable bonds is 4. The molecule has 1 saturated heterocycles. The summed E-state index contributed by atoms with van der Waals surface area (Å²) in [6.45, 7) is 6.13. The highest BCUT2D eigenvalue weighted by atomic mass is 32.2. The third kappa shape index (κ3) is 2.53. The molecule has 0 aromatic heterocycles. The lowest BCUT2D eigenvalue weighted by atomic mass is 10.1. The molecule has 1 heterocycles. The van der Waals surface area contributed by atoms with E-state index >= 15 is 0 Å². The Morgan fingerprint density at radius 3 is 2.44 bits per heavy atom. The van der Waals surface area contributed by atoms with Gasteiger partial charge in [-0.2, -0.15) is 0 Å². The van der Waals surface area contributed by atoms with E-state index in [-0.39, 0.29) is 10.8 Å². The van der Waals surface area contributed by atoms with E-state index in [4.69, 9.17) is 4.74 Å². The zero-order chi connectivity index (χ0) is 13.3. The van der Waals surface area contributed by atoms with Crippen LogP contribution in [-0.2, 0) is 20.9 Å². The van der Waals surface area contributed by atoms with E-state index in [0.717, 1.165) is 5.56 Å². The molecule has 1 unspecified atom stereocenters. The van der Waals surface area contributed by atoms with Gasteiger partial charge >= 0.3 is 0 Å². The molecule has 0 amide bonds. The highest BCUT2D eigenvalue weighted by Gasteiger charge is 2.62. The summed E-state index contributed by atoms with van der Waals surface area (Å²) in [5.74, 6) is 0. The van der Waals surface area contributed by atoms with Crippen molar-refractivity contribution in [2.24, 2.45) is 0 Å². The summed E-state index contributed by atoms with van der Waals surface area (Å²) < 4.78 is 18.7. The fourth-order valence-corrected chi connectivity index (χ4v) is 3.22. The van der Waals surface area contributed by atoms with Crippen LogP contribution < -0.4 is 0 Å². The van der Waals surface area contributed by atoms with Crippen LogP contribution in [0.2, 0.25) is 0 Å². The van der Waals surface area contributed by atoms with Gasteiger partial charge in [0.2, 0.25) is 6.23 Å². The first kappa shape index (κ1) is 13.4. The van der Waals surface area contributed by atoms with Crippen LogP contribution in [0.25, 0.3) is 0 Å². The van der Waals surface area contributed by atoms with E-state index in [1.165, 1.54) is 0 Å². The Balaban J connectivity index is 2.18. The Morgan fingerprint density at radius 2 is 1.94 bits per heavy atom. The normalized spacial score (nSPS) is 28.6. The molecule has 5 heteroatoms. The summed E-state index contributed by atoms with van der Waals surface area (Å²) >= 11 is -1.19. The van der Waals surface area contributed by atoms with Crippen molar-refractivity contribution in [2.75, 3.05) is 0 Å². The minimum absolute atomic E-state index is 0.101. The van der Waals surface area contributed by atoms with Crippen LogP contribution in [0.1, 0.15) is 32.4 Å². The zero-order valence-electron chi connectivity index (χ0n) is 10.7. The summed E-state index contributed by atoms with van der Waals surface area (Å²) in [4.78, 5) is 10.5. The van der Waals surface area contributed by atoms with Crippen molar-refractivity contribution < 1.29 is 14.1 Å². The van der Waals surface area contributed by atoms with Crippen molar-refractivity contribution >= 4 is 17.8 Å². The van der Waals surface area contributed by atoms with Gasteiger partial charge in [-0.3, -0.25) is 4.79 Å². The molecule has 1 aromatic carbocycles. The molecule has 98 valence electrons. The van der Waals surface area contributed by atoms with Gasteiger partial charge in [0.15, 0.2) is 0 Å². The van der Waals surface area contributed by atoms with Gasteiger partial charge in [0.25, 0.3) is 6.47 Å². The Morgan fingerprint density at radius 1 is 1.33 bits per heavy atom. The Kier molecular flexibility index (Phi) is 3.66. The van der Waals surface area contributed by atoms with Crippen LogP contribution in [0, 0.1) is 0 Å². The number of ether oxygens (including phenoxy) is 1. The molecule has 1 fully saturated rings. The molecule has 1 aliphatic heterocycles. The van der Waals surface area contributed by atoms with Crippen LogP contribution in [0.5, 0.6) is 0 Å². The number of benzene rings is 1.